The van der Waals surface area contributed by atoms with Gasteiger partial charge in [0.2, 0.25) is 0 Å². The molecule has 0 aromatic carbocycles. The van der Waals surface area contributed by atoms with Crippen LogP contribution < -0.4 is 17.2 Å². The van der Waals surface area contributed by atoms with E-state index in [-0.39, 0.29) is 18.1 Å². The summed E-state index contributed by atoms with van der Waals surface area (Å²) in [4.78, 5) is 14.8. The van der Waals surface area contributed by atoms with E-state index in [0.717, 1.165) is 0 Å². The molecule has 0 unspecified atom stereocenters. The normalized spacial score (nSPS) is 9.29. The molecule has 1 heterocycles. The molecule has 0 radical (unpaired) electrons. The fraction of sp³-hybridized carbons (Fsp3) is 0.333. The van der Waals surface area contributed by atoms with Crippen molar-refractivity contribution in [2.75, 3.05) is 12.3 Å². The summed E-state index contributed by atoms with van der Waals surface area (Å²) >= 11 is 0. The lowest BCUT2D eigenvalue weighted by Crippen LogP contribution is -2.23. The zero-order valence-electron chi connectivity index (χ0n) is 7.95. The molecule has 0 saturated heterocycles. The van der Waals surface area contributed by atoms with Crippen molar-refractivity contribution in [2.45, 2.75) is 13.5 Å². The molecular formula is C9H12N4O. The lowest BCUT2D eigenvalue weighted by atomic mass is 10.3. The standard InChI is InChI=1S/C9H12N4O/c1-2-13-6-7(4-3-5-10)8(11)12-9(13)14/h6H,2,5,10H2,1H3,(H2,11,12,14). The van der Waals surface area contributed by atoms with Gasteiger partial charge in [0.1, 0.15) is 5.82 Å². The van der Waals surface area contributed by atoms with Crippen molar-refractivity contribution in [3.63, 3.8) is 0 Å². The topological polar surface area (TPSA) is 86.9 Å². The maximum absolute atomic E-state index is 11.2. The van der Waals surface area contributed by atoms with Crippen LogP contribution in [-0.2, 0) is 6.54 Å². The van der Waals surface area contributed by atoms with Gasteiger partial charge in [0.15, 0.2) is 0 Å². The number of nitrogens with zero attached hydrogens (tertiary/aromatic N) is 2. The van der Waals surface area contributed by atoms with Gasteiger partial charge in [-0.1, -0.05) is 11.8 Å². The largest absolute Gasteiger partial charge is 0.382 e. The minimum Gasteiger partial charge on any atom is -0.382 e. The third-order valence-electron chi connectivity index (χ3n) is 1.69. The average Bonchev–Trinajstić information content (AvgIpc) is 2.17. The molecule has 0 aliphatic carbocycles. The number of rotatable bonds is 1. The van der Waals surface area contributed by atoms with Gasteiger partial charge < -0.3 is 11.5 Å². The molecule has 0 fully saturated rings. The van der Waals surface area contributed by atoms with Gasteiger partial charge in [0.25, 0.3) is 0 Å². The number of nitrogen functional groups attached to an aromatic ring is 1. The highest BCUT2D eigenvalue weighted by Crippen LogP contribution is 2.01. The van der Waals surface area contributed by atoms with E-state index in [0.29, 0.717) is 12.1 Å². The Hall–Kier alpha value is -1.80. The summed E-state index contributed by atoms with van der Waals surface area (Å²) < 4.78 is 1.44. The van der Waals surface area contributed by atoms with Gasteiger partial charge in [0, 0.05) is 12.7 Å². The molecule has 14 heavy (non-hydrogen) atoms. The van der Waals surface area contributed by atoms with Gasteiger partial charge in [-0.2, -0.15) is 4.98 Å². The Bertz CT molecular complexity index is 438. The van der Waals surface area contributed by atoms with Crippen LogP contribution in [0.5, 0.6) is 0 Å². The first kappa shape index (κ1) is 10.3. The maximum Gasteiger partial charge on any atom is 0.349 e. The van der Waals surface area contributed by atoms with Crippen LogP contribution >= 0.6 is 0 Å². The molecule has 4 N–H and O–H groups in total. The van der Waals surface area contributed by atoms with Gasteiger partial charge in [-0.05, 0) is 6.92 Å². The first-order chi connectivity index (χ1) is 6.69. The molecule has 0 aliphatic rings. The SMILES string of the molecule is CCn1cc(C#CCN)c(N)nc1=O. The molecule has 0 bridgehead atoms. The van der Waals surface area contributed by atoms with E-state index in [1.807, 2.05) is 6.92 Å². The molecule has 0 saturated carbocycles. The van der Waals surface area contributed by atoms with Crippen LogP contribution in [0.3, 0.4) is 0 Å². The average molecular weight is 192 g/mol. The van der Waals surface area contributed by atoms with Gasteiger partial charge in [-0.3, -0.25) is 4.57 Å². The maximum atomic E-state index is 11.2. The second-order valence-corrected chi connectivity index (χ2v) is 2.61. The highest BCUT2D eigenvalue weighted by molar-refractivity contribution is 5.48. The number of hydrogen-bond acceptors (Lipinski definition) is 4. The lowest BCUT2D eigenvalue weighted by molar-refractivity contribution is 0.699. The summed E-state index contributed by atoms with van der Waals surface area (Å²) in [6.45, 7) is 2.65. The molecule has 1 aromatic rings. The van der Waals surface area contributed by atoms with Gasteiger partial charge >= 0.3 is 5.69 Å². The number of aryl methyl sites for hydroxylation is 1. The Kier molecular flexibility index (Phi) is 3.26. The Morgan fingerprint density at radius 1 is 1.64 bits per heavy atom. The number of nitrogens with two attached hydrogens (primary N) is 2. The van der Waals surface area contributed by atoms with Crippen LogP contribution in [0.1, 0.15) is 12.5 Å². The van der Waals surface area contributed by atoms with Crippen LogP contribution in [0.15, 0.2) is 11.0 Å². The van der Waals surface area contributed by atoms with Crippen molar-refractivity contribution in [1.82, 2.24) is 9.55 Å². The second kappa shape index (κ2) is 4.44. The van der Waals surface area contributed by atoms with Gasteiger partial charge in [0.05, 0.1) is 12.1 Å². The van der Waals surface area contributed by atoms with Crippen molar-refractivity contribution >= 4 is 5.82 Å². The number of hydrogen-bond donors (Lipinski definition) is 2. The fourth-order valence-corrected chi connectivity index (χ4v) is 0.974. The molecule has 74 valence electrons. The van der Waals surface area contributed by atoms with E-state index in [2.05, 4.69) is 16.8 Å². The zero-order valence-corrected chi connectivity index (χ0v) is 7.95. The minimum atomic E-state index is -0.358. The summed E-state index contributed by atoms with van der Waals surface area (Å²) in [5.41, 5.74) is 10.9. The molecular weight excluding hydrogens is 180 g/mol. The molecule has 0 amide bonds. The molecule has 0 atom stereocenters. The van der Waals surface area contributed by atoms with E-state index in [1.165, 1.54) is 4.57 Å². The summed E-state index contributed by atoms with van der Waals surface area (Å²) in [5.74, 6) is 5.56. The van der Waals surface area contributed by atoms with E-state index in [9.17, 15) is 4.79 Å². The summed E-state index contributed by atoms with van der Waals surface area (Å²) in [6, 6.07) is 0. The molecule has 0 spiro atoms. The van der Waals surface area contributed by atoms with Crippen molar-refractivity contribution in [2.24, 2.45) is 5.73 Å². The quantitative estimate of drug-likeness (QED) is 0.568. The van der Waals surface area contributed by atoms with Crippen LogP contribution in [-0.4, -0.2) is 16.1 Å². The Morgan fingerprint density at radius 2 is 2.36 bits per heavy atom. The monoisotopic (exact) mass is 192 g/mol. The van der Waals surface area contributed by atoms with Crippen molar-refractivity contribution in [1.29, 1.82) is 0 Å². The molecule has 0 aliphatic heterocycles. The van der Waals surface area contributed by atoms with Crippen LogP contribution in [0.4, 0.5) is 5.82 Å². The highest BCUT2D eigenvalue weighted by atomic mass is 16.1. The molecule has 5 heteroatoms. The Morgan fingerprint density at radius 3 is 2.93 bits per heavy atom. The molecule has 5 nitrogen and oxygen atoms in total. The second-order valence-electron chi connectivity index (χ2n) is 2.61. The van der Waals surface area contributed by atoms with Crippen molar-refractivity contribution in [3.8, 4) is 11.8 Å². The Balaban J connectivity index is 3.24. The smallest absolute Gasteiger partial charge is 0.349 e. The molecule has 1 rings (SSSR count). The molecule has 1 aromatic heterocycles. The van der Waals surface area contributed by atoms with E-state index >= 15 is 0 Å². The number of aromatic nitrogens is 2. The summed E-state index contributed by atoms with van der Waals surface area (Å²) in [7, 11) is 0. The summed E-state index contributed by atoms with van der Waals surface area (Å²) in [5, 5.41) is 0. The first-order valence-corrected chi connectivity index (χ1v) is 4.25. The highest BCUT2D eigenvalue weighted by Gasteiger charge is 2.01. The fourth-order valence-electron chi connectivity index (χ4n) is 0.974. The lowest BCUT2D eigenvalue weighted by Gasteiger charge is -2.02. The van der Waals surface area contributed by atoms with E-state index < -0.39 is 0 Å². The van der Waals surface area contributed by atoms with Crippen molar-refractivity contribution in [3.05, 3.63) is 22.2 Å². The van der Waals surface area contributed by atoms with Crippen molar-refractivity contribution < 1.29 is 0 Å². The zero-order chi connectivity index (χ0) is 10.6. The predicted octanol–water partition coefficient (Wildman–Crippen LogP) is -0.844. The third-order valence-corrected chi connectivity index (χ3v) is 1.69. The van der Waals surface area contributed by atoms with E-state index in [4.69, 9.17) is 11.5 Å². The first-order valence-electron chi connectivity index (χ1n) is 4.25. The van der Waals surface area contributed by atoms with Crippen LogP contribution in [0.25, 0.3) is 0 Å². The van der Waals surface area contributed by atoms with E-state index in [1.54, 1.807) is 6.20 Å². The summed E-state index contributed by atoms with van der Waals surface area (Å²) in [6.07, 6.45) is 1.59. The minimum absolute atomic E-state index is 0.153. The number of anilines is 1. The predicted molar refractivity (Wildman–Crippen MR) is 54.5 cm³/mol. The van der Waals surface area contributed by atoms with Gasteiger partial charge in [-0.25, -0.2) is 4.79 Å². The third kappa shape index (κ3) is 2.12. The van der Waals surface area contributed by atoms with Crippen LogP contribution in [0, 0.1) is 11.8 Å². The van der Waals surface area contributed by atoms with Gasteiger partial charge in [-0.15, -0.1) is 0 Å². The van der Waals surface area contributed by atoms with Crippen LogP contribution in [0.2, 0.25) is 0 Å². The Labute approximate surface area is 81.7 Å².